The Morgan fingerprint density at radius 2 is 2.00 bits per heavy atom. The summed E-state index contributed by atoms with van der Waals surface area (Å²) in [6.07, 6.45) is 2.28. The van der Waals surface area contributed by atoms with Crippen molar-refractivity contribution in [1.82, 2.24) is 15.0 Å². The molecule has 0 atom stereocenters. The van der Waals surface area contributed by atoms with Gasteiger partial charge in [-0.3, -0.25) is 4.79 Å². The van der Waals surface area contributed by atoms with Crippen LogP contribution in [0.25, 0.3) is 11.3 Å². The van der Waals surface area contributed by atoms with Crippen molar-refractivity contribution in [2.24, 2.45) is 0 Å². The largest absolute Gasteiger partial charge is 0.465 e. The van der Waals surface area contributed by atoms with Crippen LogP contribution in [0.4, 0.5) is 5.69 Å². The summed E-state index contributed by atoms with van der Waals surface area (Å²) in [6.45, 7) is 5.47. The number of esters is 1. The first-order chi connectivity index (χ1) is 13.4. The topological polar surface area (TPSA) is 97.0 Å². The molecular weight excluding hydrogens is 356 g/mol. The average Bonchev–Trinajstić information content (AvgIpc) is 3.04. The number of H-pyrrole nitrogens is 1. The van der Waals surface area contributed by atoms with Crippen LogP contribution in [-0.2, 0) is 11.2 Å². The zero-order valence-electron chi connectivity index (χ0n) is 16.3. The van der Waals surface area contributed by atoms with Crippen LogP contribution in [0.15, 0.2) is 36.5 Å². The van der Waals surface area contributed by atoms with E-state index >= 15 is 0 Å². The van der Waals surface area contributed by atoms with Crippen LogP contribution in [0.5, 0.6) is 0 Å². The Labute approximate surface area is 163 Å². The van der Waals surface area contributed by atoms with Gasteiger partial charge in [0.2, 0.25) is 0 Å². The maximum atomic E-state index is 12.8. The lowest BCUT2D eigenvalue weighted by Crippen LogP contribution is -2.14. The second-order valence-electron chi connectivity index (χ2n) is 6.35. The molecule has 2 N–H and O–H groups in total. The summed E-state index contributed by atoms with van der Waals surface area (Å²) in [6, 6.07) is 9.23. The zero-order valence-corrected chi connectivity index (χ0v) is 16.3. The van der Waals surface area contributed by atoms with Crippen molar-refractivity contribution in [3.8, 4) is 11.3 Å². The number of carbonyl (C=O) groups is 2. The molecule has 0 saturated carbocycles. The highest BCUT2D eigenvalue weighted by Crippen LogP contribution is 2.23. The number of anilines is 1. The molecule has 0 fully saturated rings. The van der Waals surface area contributed by atoms with Crippen molar-refractivity contribution in [3.05, 3.63) is 64.9 Å². The number of carbonyl (C=O) groups excluding carboxylic acids is 2. The number of hydrogen-bond donors (Lipinski definition) is 2. The van der Waals surface area contributed by atoms with Gasteiger partial charge >= 0.3 is 5.97 Å². The highest BCUT2D eigenvalue weighted by atomic mass is 16.5. The molecule has 0 unspecified atom stereocenters. The van der Waals surface area contributed by atoms with E-state index in [0.717, 1.165) is 11.3 Å². The van der Waals surface area contributed by atoms with Gasteiger partial charge in [0, 0.05) is 23.1 Å². The molecule has 0 bridgehead atoms. The number of aryl methyl sites for hydroxylation is 2. The number of ether oxygens (including phenoxy) is 1. The summed E-state index contributed by atoms with van der Waals surface area (Å²) in [4.78, 5) is 36.4. The van der Waals surface area contributed by atoms with E-state index < -0.39 is 5.97 Å². The Morgan fingerprint density at radius 1 is 1.21 bits per heavy atom. The van der Waals surface area contributed by atoms with Crippen molar-refractivity contribution < 1.29 is 14.3 Å². The van der Waals surface area contributed by atoms with Crippen LogP contribution in [0.1, 0.15) is 44.9 Å². The van der Waals surface area contributed by atoms with Crippen LogP contribution in [0.2, 0.25) is 0 Å². The Kier molecular flexibility index (Phi) is 5.54. The lowest BCUT2D eigenvalue weighted by Gasteiger charge is -2.08. The van der Waals surface area contributed by atoms with Crippen LogP contribution in [0.3, 0.4) is 0 Å². The number of amides is 1. The lowest BCUT2D eigenvalue weighted by atomic mass is 10.1. The number of aromatic amines is 1. The van der Waals surface area contributed by atoms with Crippen molar-refractivity contribution in [2.75, 3.05) is 12.4 Å². The number of methoxy groups -OCH3 is 1. The van der Waals surface area contributed by atoms with Gasteiger partial charge in [-0.05, 0) is 44.0 Å². The third kappa shape index (κ3) is 3.78. The molecule has 28 heavy (non-hydrogen) atoms. The normalized spacial score (nSPS) is 10.6. The Morgan fingerprint density at radius 3 is 2.68 bits per heavy atom. The molecule has 7 nitrogen and oxygen atoms in total. The smallest absolute Gasteiger partial charge is 0.339 e. The zero-order chi connectivity index (χ0) is 20.3. The van der Waals surface area contributed by atoms with Gasteiger partial charge in [0.15, 0.2) is 0 Å². The average molecular weight is 378 g/mol. The van der Waals surface area contributed by atoms with Gasteiger partial charge in [0.05, 0.1) is 18.4 Å². The second-order valence-corrected chi connectivity index (χ2v) is 6.35. The fourth-order valence-electron chi connectivity index (χ4n) is 3.10. The molecule has 0 aliphatic carbocycles. The maximum Gasteiger partial charge on any atom is 0.339 e. The standard InChI is InChI=1S/C21H22N4O3/c1-5-16-18(21(27)28-4)12(2)19(25-16)20(26)24-15-8-6-7-14(11-15)17-9-10-22-13(3)23-17/h6-11,25H,5H2,1-4H3,(H,24,26). The fourth-order valence-corrected chi connectivity index (χ4v) is 3.10. The number of aromatic nitrogens is 3. The van der Waals surface area contributed by atoms with E-state index in [1.165, 1.54) is 7.11 Å². The van der Waals surface area contributed by atoms with Crippen molar-refractivity contribution in [2.45, 2.75) is 27.2 Å². The predicted molar refractivity (Wildman–Crippen MR) is 106 cm³/mol. The molecule has 0 aliphatic rings. The van der Waals surface area contributed by atoms with Crippen molar-refractivity contribution >= 4 is 17.6 Å². The van der Waals surface area contributed by atoms with Gasteiger partial charge in [-0.15, -0.1) is 0 Å². The summed E-state index contributed by atoms with van der Waals surface area (Å²) in [7, 11) is 1.33. The monoisotopic (exact) mass is 378 g/mol. The van der Waals surface area contributed by atoms with Gasteiger partial charge in [-0.2, -0.15) is 0 Å². The van der Waals surface area contributed by atoms with E-state index in [2.05, 4.69) is 20.3 Å². The molecule has 0 spiro atoms. The van der Waals surface area contributed by atoms with E-state index in [-0.39, 0.29) is 5.91 Å². The highest BCUT2D eigenvalue weighted by molar-refractivity contribution is 6.07. The van der Waals surface area contributed by atoms with Gasteiger partial charge in [-0.1, -0.05) is 19.1 Å². The van der Waals surface area contributed by atoms with E-state index in [4.69, 9.17) is 4.74 Å². The minimum Gasteiger partial charge on any atom is -0.465 e. The molecular formula is C21H22N4O3. The molecule has 2 aromatic heterocycles. The summed E-state index contributed by atoms with van der Waals surface area (Å²) < 4.78 is 4.84. The quantitative estimate of drug-likeness (QED) is 0.660. The van der Waals surface area contributed by atoms with Crippen LogP contribution >= 0.6 is 0 Å². The molecule has 0 radical (unpaired) electrons. The number of nitrogens with one attached hydrogen (secondary N) is 2. The van der Waals surface area contributed by atoms with Gasteiger partial charge < -0.3 is 15.0 Å². The van der Waals surface area contributed by atoms with E-state index in [1.807, 2.05) is 38.1 Å². The number of hydrogen-bond acceptors (Lipinski definition) is 5. The van der Waals surface area contributed by atoms with Crippen molar-refractivity contribution in [1.29, 1.82) is 0 Å². The number of rotatable bonds is 5. The van der Waals surface area contributed by atoms with Crippen LogP contribution in [-0.4, -0.2) is 33.9 Å². The van der Waals surface area contributed by atoms with E-state index in [9.17, 15) is 9.59 Å². The molecule has 0 saturated heterocycles. The molecule has 3 aromatic rings. The third-order valence-electron chi connectivity index (χ3n) is 4.49. The SMILES string of the molecule is CCc1[nH]c(C(=O)Nc2cccc(-c3ccnc(C)n3)c2)c(C)c1C(=O)OC. The molecule has 1 amide bonds. The Hall–Kier alpha value is -3.48. The van der Waals surface area contributed by atoms with Crippen LogP contribution < -0.4 is 5.32 Å². The van der Waals surface area contributed by atoms with Gasteiger partial charge in [-0.25, -0.2) is 14.8 Å². The van der Waals surface area contributed by atoms with Gasteiger partial charge in [0.25, 0.3) is 5.91 Å². The highest BCUT2D eigenvalue weighted by Gasteiger charge is 2.23. The van der Waals surface area contributed by atoms with E-state index in [0.29, 0.717) is 40.4 Å². The summed E-state index contributed by atoms with van der Waals surface area (Å²) in [5, 5.41) is 2.88. The molecule has 7 heteroatoms. The molecule has 144 valence electrons. The van der Waals surface area contributed by atoms with Crippen molar-refractivity contribution in [3.63, 3.8) is 0 Å². The number of benzene rings is 1. The Balaban J connectivity index is 1.89. The fraction of sp³-hybridized carbons (Fsp3) is 0.238. The maximum absolute atomic E-state index is 12.8. The first-order valence-electron chi connectivity index (χ1n) is 8.95. The lowest BCUT2D eigenvalue weighted by molar-refractivity contribution is 0.0599. The Bertz CT molecular complexity index is 1040. The summed E-state index contributed by atoms with van der Waals surface area (Å²) >= 11 is 0. The molecule has 2 heterocycles. The summed E-state index contributed by atoms with van der Waals surface area (Å²) in [5.41, 5.74) is 4.30. The second kappa shape index (κ2) is 8.04. The molecule has 3 rings (SSSR count). The first-order valence-corrected chi connectivity index (χ1v) is 8.95. The summed E-state index contributed by atoms with van der Waals surface area (Å²) in [5.74, 6) is -0.0967. The number of nitrogens with zero attached hydrogens (tertiary/aromatic N) is 2. The van der Waals surface area contributed by atoms with E-state index in [1.54, 1.807) is 19.2 Å². The minimum absolute atomic E-state index is 0.321. The third-order valence-corrected chi connectivity index (χ3v) is 4.49. The molecule has 0 aliphatic heterocycles. The van der Waals surface area contributed by atoms with Crippen LogP contribution in [0, 0.1) is 13.8 Å². The minimum atomic E-state index is -0.453. The molecule has 1 aromatic carbocycles. The first kappa shape index (κ1) is 19.3. The predicted octanol–water partition coefficient (Wildman–Crippen LogP) is 3.69. The van der Waals surface area contributed by atoms with Gasteiger partial charge in [0.1, 0.15) is 11.5 Å².